The molecule has 3 saturated heterocycles. The van der Waals surface area contributed by atoms with Crippen molar-refractivity contribution in [1.82, 2.24) is 10.2 Å². The number of nitrogens with zero attached hydrogens (tertiary/aromatic N) is 1. The molecule has 3 nitrogen and oxygen atoms in total. The highest BCUT2D eigenvalue weighted by atomic mass is 16.5. The fourth-order valence-corrected chi connectivity index (χ4v) is 5.71. The number of ether oxygens (including phenoxy) is 1. The molecular weight excluding hydrogens is 380 g/mol. The van der Waals surface area contributed by atoms with Gasteiger partial charge in [0, 0.05) is 24.5 Å². The second kappa shape index (κ2) is 9.25. The number of hydrogen-bond donors (Lipinski definition) is 1. The van der Waals surface area contributed by atoms with Gasteiger partial charge in [-0.05, 0) is 60.7 Å². The normalized spacial score (nSPS) is 25.0. The minimum absolute atomic E-state index is 0.369. The summed E-state index contributed by atoms with van der Waals surface area (Å²) in [6.45, 7) is 3.30. The van der Waals surface area contributed by atoms with Crippen LogP contribution in [0.1, 0.15) is 35.4 Å². The first-order valence-corrected chi connectivity index (χ1v) is 11.5. The van der Waals surface area contributed by atoms with E-state index in [0.29, 0.717) is 18.0 Å². The van der Waals surface area contributed by atoms with E-state index in [1.54, 1.807) is 7.11 Å². The SMILES string of the molecule is COc1cccc(CN[C@H]2C3CCN(CC3)[C@H]2C(c2ccccc2)c2ccccc2)c1. The van der Waals surface area contributed by atoms with Gasteiger partial charge in [-0.15, -0.1) is 0 Å². The van der Waals surface area contributed by atoms with Gasteiger partial charge in [-0.2, -0.15) is 0 Å². The van der Waals surface area contributed by atoms with E-state index in [-0.39, 0.29) is 0 Å². The Bertz CT molecular complexity index is 927. The molecule has 2 atom stereocenters. The first kappa shape index (κ1) is 20.3. The van der Waals surface area contributed by atoms with Crippen molar-refractivity contribution in [2.45, 2.75) is 37.4 Å². The summed E-state index contributed by atoms with van der Waals surface area (Å²) in [5, 5.41) is 3.99. The van der Waals surface area contributed by atoms with Gasteiger partial charge in [0.05, 0.1) is 7.11 Å². The minimum Gasteiger partial charge on any atom is -0.497 e. The van der Waals surface area contributed by atoms with Crippen molar-refractivity contribution in [1.29, 1.82) is 0 Å². The van der Waals surface area contributed by atoms with Crippen molar-refractivity contribution in [3.8, 4) is 5.75 Å². The highest BCUT2D eigenvalue weighted by Crippen LogP contribution is 2.42. The average molecular weight is 413 g/mol. The number of nitrogens with one attached hydrogen (secondary N) is 1. The second-order valence-electron chi connectivity index (χ2n) is 8.92. The van der Waals surface area contributed by atoms with Crippen LogP contribution in [0.25, 0.3) is 0 Å². The van der Waals surface area contributed by atoms with Gasteiger partial charge in [-0.3, -0.25) is 4.90 Å². The van der Waals surface area contributed by atoms with Crippen LogP contribution < -0.4 is 10.1 Å². The third kappa shape index (κ3) is 4.26. The summed E-state index contributed by atoms with van der Waals surface area (Å²) in [6, 6.07) is 31.6. The first-order valence-electron chi connectivity index (χ1n) is 11.5. The Morgan fingerprint density at radius 2 is 1.52 bits per heavy atom. The van der Waals surface area contributed by atoms with Crippen molar-refractivity contribution in [3.63, 3.8) is 0 Å². The van der Waals surface area contributed by atoms with Crippen LogP contribution in [0.5, 0.6) is 5.75 Å². The van der Waals surface area contributed by atoms with Crippen LogP contribution in [0.4, 0.5) is 0 Å². The van der Waals surface area contributed by atoms with Gasteiger partial charge in [0.25, 0.3) is 0 Å². The molecule has 0 saturated carbocycles. The summed E-state index contributed by atoms with van der Waals surface area (Å²) in [7, 11) is 1.74. The van der Waals surface area contributed by atoms with Crippen LogP contribution in [0.15, 0.2) is 84.9 Å². The average Bonchev–Trinajstić information content (AvgIpc) is 2.85. The van der Waals surface area contributed by atoms with Crippen LogP contribution in [-0.2, 0) is 6.54 Å². The van der Waals surface area contributed by atoms with E-state index in [4.69, 9.17) is 4.74 Å². The molecule has 3 aliphatic rings. The van der Waals surface area contributed by atoms with Gasteiger partial charge in [0.15, 0.2) is 0 Å². The topological polar surface area (TPSA) is 24.5 Å². The summed E-state index contributed by atoms with van der Waals surface area (Å²) in [4.78, 5) is 2.74. The van der Waals surface area contributed by atoms with Crippen LogP contribution >= 0.6 is 0 Å². The summed E-state index contributed by atoms with van der Waals surface area (Å²) in [5.74, 6) is 2.03. The molecule has 0 aliphatic carbocycles. The third-order valence-corrected chi connectivity index (χ3v) is 7.21. The van der Waals surface area contributed by atoms with Crippen LogP contribution in [0, 0.1) is 5.92 Å². The molecule has 0 aromatic heterocycles. The maximum atomic E-state index is 5.44. The van der Waals surface area contributed by atoms with Crippen LogP contribution in [-0.4, -0.2) is 37.2 Å². The van der Waals surface area contributed by atoms with Crippen LogP contribution in [0.3, 0.4) is 0 Å². The molecule has 0 radical (unpaired) electrons. The Hall–Kier alpha value is -2.62. The zero-order chi connectivity index (χ0) is 21.0. The molecule has 6 rings (SSSR count). The molecule has 3 heterocycles. The lowest BCUT2D eigenvalue weighted by atomic mass is 9.70. The highest BCUT2D eigenvalue weighted by molar-refractivity contribution is 5.36. The van der Waals surface area contributed by atoms with E-state index in [1.165, 1.54) is 42.6 Å². The number of hydrogen-bond acceptors (Lipinski definition) is 3. The summed E-state index contributed by atoms with van der Waals surface area (Å²) in [6.07, 6.45) is 2.59. The molecule has 31 heavy (non-hydrogen) atoms. The fraction of sp³-hybridized carbons (Fsp3) is 0.357. The smallest absolute Gasteiger partial charge is 0.119 e. The molecule has 160 valence electrons. The van der Waals surface area contributed by atoms with Gasteiger partial charge in [0.1, 0.15) is 5.75 Å². The Morgan fingerprint density at radius 3 is 2.13 bits per heavy atom. The molecule has 2 bridgehead atoms. The Kier molecular flexibility index (Phi) is 6.06. The number of piperidine rings is 3. The molecule has 3 heteroatoms. The van der Waals surface area contributed by atoms with Gasteiger partial charge >= 0.3 is 0 Å². The molecule has 0 spiro atoms. The highest BCUT2D eigenvalue weighted by Gasteiger charge is 2.46. The summed E-state index contributed by atoms with van der Waals surface area (Å²) < 4.78 is 5.44. The third-order valence-electron chi connectivity index (χ3n) is 7.21. The van der Waals surface area contributed by atoms with E-state index in [0.717, 1.165) is 18.2 Å². The summed E-state index contributed by atoms with van der Waals surface area (Å²) >= 11 is 0. The van der Waals surface area contributed by atoms with Crippen molar-refractivity contribution < 1.29 is 4.74 Å². The number of benzene rings is 3. The van der Waals surface area contributed by atoms with E-state index in [9.17, 15) is 0 Å². The molecule has 1 N–H and O–H groups in total. The lowest BCUT2D eigenvalue weighted by Gasteiger charge is -2.54. The van der Waals surface area contributed by atoms with E-state index in [2.05, 4.69) is 89.1 Å². The fourth-order valence-electron chi connectivity index (χ4n) is 5.71. The quantitative estimate of drug-likeness (QED) is 0.586. The van der Waals surface area contributed by atoms with Gasteiger partial charge < -0.3 is 10.1 Å². The van der Waals surface area contributed by atoms with Crippen LogP contribution in [0.2, 0.25) is 0 Å². The monoisotopic (exact) mass is 412 g/mol. The van der Waals surface area contributed by atoms with E-state index >= 15 is 0 Å². The summed E-state index contributed by atoms with van der Waals surface area (Å²) in [5.41, 5.74) is 4.12. The van der Waals surface area contributed by atoms with Crippen molar-refractivity contribution >= 4 is 0 Å². The number of methoxy groups -OCH3 is 1. The molecule has 0 amide bonds. The lowest BCUT2D eigenvalue weighted by molar-refractivity contribution is 0.00468. The van der Waals surface area contributed by atoms with E-state index < -0.39 is 0 Å². The zero-order valence-corrected chi connectivity index (χ0v) is 18.3. The maximum absolute atomic E-state index is 5.44. The van der Waals surface area contributed by atoms with E-state index in [1.807, 2.05) is 6.07 Å². The largest absolute Gasteiger partial charge is 0.497 e. The minimum atomic E-state index is 0.369. The Morgan fingerprint density at radius 1 is 0.871 bits per heavy atom. The van der Waals surface area contributed by atoms with Gasteiger partial charge in [0.2, 0.25) is 0 Å². The standard InChI is InChI=1S/C28H32N2O/c1-31-25-14-8-9-21(19-25)20-29-27-24-15-17-30(18-16-24)28(27)26(22-10-4-2-5-11-22)23-12-6-3-7-13-23/h2-14,19,24,26-29H,15-18,20H2,1H3/t27-,28-/m0/s1. The zero-order valence-electron chi connectivity index (χ0n) is 18.3. The van der Waals surface area contributed by atoms with Crippen molar-refractivity contribution in [3.05, 3.63) is 102 Å². The van der Waals surface area contributed by atoms with Gasteiger partial charge in [-0.1, -0.05) is 72.8 Å². The molecule has 3 aromatic carbocycles. The van der Waals surface area contributed by atoms with Crippen molar-refractivity contribution in [2.24, 2.45) is 5.92 Å². The molecule has 3 aliphatic heterocycles. The molecule has 3 aromatic rings. The molecule has 0 unspecified atom stereocenters. The predicted octanol–water partition coefficient (Wildman–Crippen LogP) is 5.08. The predicted molar refractivity (Wildman–Crippen MR) is 126 cm³/mol. The number of fused-ring (bicyclic) bond motifs is 3. The Balaban J connectivity index is 1.47. The number of rotatable bonds is 7. The molecule has 3 fully saturated rings. The lowest BCUT2D eigenvalue weighted by Crippen LogP contribution is -2.64. The second-order valence-corrected chi connectivity index (χ2v) is 8.92. The van der Waals surface area contributed by atoms with Gasteiger partial charge in [-0.25, -0.2) is 0 Å². The first-order chi connectivity index (χ1) is 15.3. The van der Waals surface area contributed by atoms with Crippen molar-refractivity contribution in [2.75, 3.05) is 20.2 Å². The Labute approximate surface area is 186 Å². The molecular formula is C28H32N2O. The maximum Gasteiger partial charge on any atom is 0.119 e.